The maximum atomic E-state index is 12.0. The molecule has 124 valence electrons. The van der Waals surface area contributed by atoms with Crippen LogP contribution < -0.4 is 10.6 Å². The third-order valence-electron chi connectivity index (χ3n) is 3.95. The Bertz CT molecular complexity index is 529. The average molecular weight is 343 g/mol. The summed E-state index contributed by atoms with van der Waals surface area (Å²) in [6.07, 6.45) is 6.23. The Morgan fingerprint density at radius 2 is 2.36 bits per heavy atom. The highest BCUT2D eigenvalue weighted by atomic mass is 32.2. The van der Waals surface area contributed by atoms with E-state index in [1.54, 1.807) is 18.4 Å². The van der Waals surface area contributed by atoms with Gasteiger partial charge in [0.1, 0.15) is 0 Å². The van der Waals surface area contributed by atoms with Crippen LogP contribution in [-0.4, -0.2) is 39.2 Å². The van der Waals surface area contributed by atoms with Crippen LogP contribution in [0.25, 0.3) is 0 Å². The summed E-state index contributed by atoms with van der Waals surface area (Å²) < 4.78 is 12.0. The van der Waals surface area contributed by atoms with Crippen LogP contribution in [0.15, 0.2) is 11.2 Å². The van der Waals surface area contributed by atoms with Gasteiger partial charge in [0.25, 0.3) is 0 Å². The molecule has 1 heterocycles. The van der Waals surface area contributed by atoms with Gasteiger partial charge in [-0.3, -0.25) is 9.20 Å². The van der Waals surface area contributed by atoms with Crippen molar-refractivity contribution in [2.45, 2.75) is 57.4 Å². The van der Waals surface area contributed by atoms with Crippen molar-refractivity contribution in [1.82, 2.24) is 15.6 Å². The smallest absolute Gasteiger partial charge is 0.191 e. The minimum atomic E-state index is -0.688. The number of hydrogen-bond donors (Lipinski definition) is 2. The van der Waals surface area contributed by atoms with E-state index in [-0.39, 0.29) is 0 Å². The highest BCUT2D eigenvalue weighted by molar-refractivity contribution is 7.85. The summed E-state index contributed by atoms with van der Waals surface area (Å²) in [5.74, 6) is 1.58. The van der Waals surface area contributed by atoms with Crippen LogP contribution in [0.2, 0.25) is 0 Å². The number of rotatable bonds is 5. The molecule has 7 heteroatoms. The molecular formula is C15H26N4OS2. The molecule has 1 aliphatic rings. The van der Waals surface area contributed by atoms with Crippen molar-refractivity contribution in [2.75, 3.05) is 12.8 Å². The van der Waals surface area contributed by atoms with Gasteiger partial charge in [0.15, 0.2) is 5.96 Å². The summed E-state index contributed by atoms with van der Waals surface area (Å²) in [6, 6.07) is 0.364. The number of aromatic nitrogens is 1. The molecule has 1 aromatic heterocycles. The molecule has 0 bridgehead atoms. The largest absolute Gasteiger partial charge is 0.354 e. The maximum Gasteiger partial charge on any atom is 0.191 e. The molecule has 2 rings (SSSR count). The van der Waals surface area contributed by atoms with Crippen LogP contribution in [0.4, 0.5) is 0 Å². The van der Waals surface area contributed by atoms with Crippen LogP contribution in [0.1, 0.15) is 42.5 Å². The fraction of sp³-hybridized carbons (Fsp3) is 0.733. The predicted molar refractivity (Wildman–Crippen MR) is 94.9 cm³/mol. The third kappa shape index (κ3) is 5.05. The van der Waals surface area contributed by atoms with Crippen molar-refractivity contribution in [3.63, 3.8) is 0 Å². The van der Waals surface area contributed by atoms with Gasteiger partial charge in [0.05, 0.1) is 11.6 Å². The second kappa shape index (κ2) is 8.62. The first-order chi connectivity index (χ1) is 10.6. The minimum absolute atomic E-state index is 0.332. The normalized spacial score (nSPS) is 24.0. The van der Waals surface area contributed by atoms with Crippen molar-refractivity contribution < 1.29 is 4.21 Å². The molecule has 1 fully saturated rings. The average Bonchev–Trinajstić information content (AvgIpc) is 2.96. The Morgan fingerprint density at radius 3 is 3.00 bits per heavy atom. The molecule has 1 aliphatic carbocycles. The monoisotopic (exact) mass is 342 g/mol. The van der Waals surface area contributed by atoms with Gasteiger partial charge in [0.2, 0.25) is 0 Å². The van der Waals surface area contributed by atoms with Crippen molar-refractivity contribution in [3.05, 3.63) is 16.1 Å². The van der Waals surface area contributed by atoms with Gasteiger partial charge in [-0.2, -0.15) is 0 Å². The zero-order valence-electron chi connectivity index (χ0n) is 13.6. The second-order valence-corrected chi connectivity index (χ2v) is 8.90. The zero-order valence-corrected chi connectivity index (χ0v) is 15.2. The van der Waals surface area contributed by atoms with E-state index in [0.717, 1.165) is 48.9 Å². The summed E-state index contributed by atoms with van der Waals surface area (Å²) >= 11 is 1.70. The molecule has 0 radical (unpaired) electrons. The number of guanidine groups is 1. The summed E-state index contributed by atoms with van der Waals surface area (Å²) in [5, 5.41) is 8.23. The SMILES string of the molecule is CCS(=O)C1CCCC(NC(=NC)NCc2cnc(C)s2)C1. The summed E-state index contributed by atoms with van der Waals surface area (Å²) in [7, 11) is 1.10. The fourth-order valence-electron chi connectivity index (χ4n) is 2.80. The predicted octanol–water partition coefficient (Wildman–Crippen LogP) is 2.20. The van der Waals surface area contributed by atoms with Crippen molar-refractivity contribution in [1.29, 1.82) is 0 Å². The Labute approximate surface area is 139 Å². The lowest BCUT2D eigenvalue weighted by atomic mass is 9.95. The molecule has 5 nitrogen and oxygen atoms in total. The van der Waals surface area contributed by atoms with E-state index in [1.807, 2.05) is 20.0 Å². The van der Waals surface area contributed by atoms with Crippen molar-refractivity contribution in [3.8, 4) is 0 Å². The van der Waals surface area contributed by atoms with Gasteiger partial charge in [-0.25, -0.2) is 4.98 Å². The Hall–Kier alpha value is -0.950. The van der Waals surface area contributed by atoms with E-state index < -0.39 is 10.8 Å². The molecule has 0 spiro atoms. The van der Waals surface area contributed by atoms with Crippen LogP contribution in [-0.2, 0) is 17.3 Å². The third-order valence-corrected chi connectivity index (χ3v) is 6.60. The molecular weight excluding hydrogens is 316 g/mol. The molecule has 1 aromatic rings. The molecule has 3 unspecified atom stereocenters. The molecule has 3 atom stereocenters. The maximum absolute atomic E-state index is 12.0. The van der Waals surface area contributed by atoms with Gasteiger partial charge in [-0.15, -0.1) is 11.3 Å². The molecule has 2 N–H and O–H groups in total. The number of nitrogens with one attached hydrogen (secondary N) is 2. The molecule has 22 heavy (non-hydrogen) atoms. The number of aryl methyl sites for hydroxylation is 1. The number of hydrogen-bond acceptors (Lipinski definition) is 4. The van der Waals surface area contributed by atoms with E-state index in [4.69, 9.17) is 0 Å². The quantitative estimate of drug-likeness (QED) is 0.636. The van der Waals surface area contributed by atoms with Crippen molar-refractivity contribution >= 4 is 28.1 Å². The van der Waals surface area contributed by atoms with E-state index in [2.05, 4.69) is 20.6 Å². The summed E-state index contributed by atoms with van der Waals surface area (Å²) in [5.41, 5.74) is 0. The van der Waals surface area contributed by atoms with Crippen LogP contribution in [0, 0.1) is 6.92 Å². The fourth-order valence-corrected chi connectivity index (χ4v) is 4.88. The molecule has 1 saturated carbocycles. The van der Waals surface area contributed by atoms with Gasteiger partial charge in [0, 0.05) is 46.0 Å². The lowest BCUT2D eigenvalue weighted by Gasteiger charge is -2.30. The zero-order chi connectivity index (χ0) is 15.9. The van der Waals surface area contributed by atoms with Gasteiger partial charge >= 0.3 is 0 Å². The first-order valence-electron chi connectivity index (χ1n) is 7.88. The Morgan fingerprint density at radius 1 is 1.55 bits per heavy atom. The molecule has 0 aromatic carbocycles. The van der Waals surface area contributed by atoms with Gasteiger partial charge in [-0.05, 0) is 26.2 Å². The van der Waals surface area contributed by atoms with Gasteiger partial charge < -0.3 is 10.6 Å². The first kappa shape index (κ1) is 17.4. The highest BCUT2D eigenvalue weighted by Gasteiger charge is 2.25. The molecule has 0 amide bonds. The lowest BCUT2D eigenvalue weighted by molar-refractivity contribution is 0.413. The van der Waals surface area contributed by atoms with Crippen LogP contribution >= 0.6 is 11.3 Å². The second-order valence-electron chi connectivity index (χ2n) is 5.57. The molecule has 0 aliphatic heterocycles. The van der Waals surface area contributed by atoms with E-state index in [9.17, 15) is 4.21 Å². The summed E-state index contributed by atoms with van der Waals surface area (Å²) in [6.45, 7) is 4.75. The first-order valence-corrected chi connectivity index (χ1v) is 10.1. The highest BCUT2D eigenvalue weighted by Crippen LogP contribution is 2.23. The van der Waals surface area contributed by atoms with Crippen molar-refractivity contribution in [2.24, 2.45) is 4.99 Å². The Kier molecular flexibility index (Phi) is 6.82. The standard InChI is InChI=1S/C15H26N4OS2/c1-4-22(20)14-7-5-6-12(8-14)19-15(16-3)18-10-13-9-17-11(2)21-13/h9,12,14H,4-8,10H2,1-3H3,(H2,16,18,19). The number of thiazole rings is 1. The number of aliphatic imine (C=N–C) groups is 1. The number of nitrogens with zero attached hydrogens (tertiary/aromatic N) is 2. The van der Waals surface area contributed by atoms with Crippen LogP contribution in [0.5, 0.6) is 0 Å². The van der Waals surface area contributed by atoms with Gasteiger partial charge in [-0.1, -0.05) is 13.3 Å². The van der Waals surface area contributed by atoms with E-state index in [0.29, 0.717) is 11.3 Å². The lowest BCUT2D eigenvalue weighted by Crippen LogP contribution is -2.46. The topological polar surface area (TPSA) is 66.4 Å². The van der Waals surface area contributed by atoms with Crippen LogP contribution in [0.3, 0.4) is 0 Å². The molecule has 0 saturated heterocycles. The Balaban J connectivity index is 1.83. The van der Waals surface area contributed by atoms with E-state index in [1.165, 1.54) is 4.88 Å². The summed E-state index contributed by atoms with van der Waals surface area (Å²) in [4.78, 5) is 9.76. The van der Waals surface area contributed by atoms with E-state index >= 15 is 0 Å². The minimum Gasteiger partial charge on any atom is -0.354 e.